The molecular weight excluding hydrogens is 435 g/mol. The maximum absolute atomic E-state index is 15.2. The number of pyridine rings is 1. The number of rotatable bonds is 1. The molecule has 1 amide bonds. The van der Waals surface area contributed by atoms with Gasteiger partial charge in [-0.2, -0.15) is 0 Å². The molecule has 2 aromatic carbocycles. The number of fused-ring (bicyclic) bond motifs is 4. The fourth-order valence-corrected chi connectivity index (χ4v) is 4.85. The lowest BCUT2D eigenvalue weighted by atomic mass is 9.88. The van der Waals surface area contributed by atoms with Crippen molar-refractivity contribution in [3.05, 3.63) is 98.7 Å². The second-order valence-electron chi connectivity index (χ2n) is 8.28. The van der Waals surface area contributed by atoms with E-state index in [4.69, 9.17) is 0 Å². The first kappa shape index (κ1) is 21.1. The van der Waals surface area contributed by atoms with E-state index >= 15 is 4.39 Å². The van der Waals surface area contributed by atoms with Crippen molar-refractivity contribution < 1.29 is 23.1 Å². The first-order valence-corrected chi connectivity index (χ1v) is 10.5. The second-order valence-corrected chi connectivity index (χ2v) is 8.28. The zero-order valence-corrected chi connectivity index (χ0v) is 17.6. The van der Waals surface area contributed by atoms with Crippen molar-refractivity contribution in [1.82, 2.24) is 9.58 Å². The molecule has 33 heavy (non-hydrogen) atoms. The molecule has 0 spiro atoms. The molecule has 1 N–H and O–H groups in total. The highest BCUT2D eigenvalue weighted by Gasteiger charge is 2.43. The van der Waals surface area contributed by atoms with Crippen LogP contribution in [0.25, 0.3) is 0 Å². The maximum Gasteiger partial charge on any atom is 0.277 e. The van der Waals surface area contributed by atoms with Crippen molar-refractivity contribution in [2.75, 3.05) is 12.1 Å². The van der Waals surface area contributed by atoms with Gasteiger partial charge in [0.05, 0.1) is 0 Å². The smallest absolute Gasteiger partial charge is 0.277 e. The first-order chi connectivity index (χ1) is 15.8. The number of amides is 1. The van der Waals surface area contributed by atoms with Crippen molar-refractivity contribution in [3.63, 3.8) is 0 Å². The minimum Gasteiger partial charge on any atom is -0.502 e. The van der Waals surface area contributed by atoms with Gasteiger partial charge < -0.3 is 10.0 Å². The topological polar surface area (TPSA) is 65.8 Å². The SMILES string of the molecule is CN1C(=O)c2c(O)c(=O)ccn2N2[C@@H](c3ccccc3F)c3cc(F)c(F)cc3CCC[C@H]12. The van der Waals surface area contributed by atoms with E-state index in [9.17, 15) is 23.5 Å². The van der Waals surface area contributed by atoms with Gasteiger partial charge in [-0.3, -0.25) is 19.3 Å². The van der Waals surface area contributed by atoms with Crippen LogP contribution in [0.2, 0.25) is 0 Å². The van der Waals surface area contributed by atoms with Gasteiger partial charge in [-0.1, -0.05) is 18.2 Å². The summed E-state index contributed by atoms with van der Waals surface area (Å²) < 4.78 is 45.1. The molecule has 0 unspecified atom stereocenters. The number of carbonyl (C=O) groups is 1. The van der Waals surface area contributed by atoms with Crippen LogP contribution in [0.15, 0.2) is 53.5 Å². The Hall–Kier alpha value is -3.75. The summed E-state index contributed by atoms with van der Waals surface area (Å²) in [5.41, 5.74) is 0.0443. The van der Waals surface area contributed by atoms with Crippen LogP contribution in [0.3, 0.4) is 0 Å². The Morgan fingerprint density at radius 3 is 2.45 bits per heavy atom. The molecule has 0 fully saturated rings. The Morgan fingerprint density at radius 2 is 1.70 bits per heavy atom. The van der Waals surface area contributed by atoms with E-state index in [0.29, 0.717) is 30.4 Å². The molecule has 9 heteroatoms. The van der Waals surface area contributed by atoms with E-state index in [1.807, 2.05) is 0 Å². The average Bonchev–Trinajstić information content (AvgIpc) is 2.78. The molecule has 2 aliphatic rings. The molecule has 0 radical (unpaired) electrons. The third kappa shape index (κ3) is 3.18. The number of carbonyl (C=O) groups excluding carboxylic acids is 1. The number of halogens is 3. The summed E-state index contributed by atoms with van der Waals surface area (Å²) in [7, 11) is 1.53. The predicted molar refractivity (Wildman–Crippen MR) is 114 cm³/mol. The number of hydrogen-bond acceptors (Lipinski definition) is 4. The van der Waals surface area contributed by atoms with Crippen molar-refractivity contribution >= 4 is 5.91 Å². The zero-order chi connectivity index (χ0) is 23.4. The summed E-state index contributed by atoms with van der Waals surface area (Å²) in [4.78, 5) is 26.6. The quantitative estimate of drug-likeness (QED) is 0.611. The Morgan fingerprint density at radius 1 is 0.970 bits per heavy atom. The van der Waals surface area contributed by atoms with Crippen LogP contribution < -0.4 is 10.4 Å². The van der Waals surface area contributed by atoms with Crippen LogP contribution in [-0.2, 0) is 6.42 Å². The highest BCUT2D eigenvalue weighted by atomic mass is 19.2. The van der Waals surface area contributed by atoms with E-state index in [1.54, 1.807) is 17.1 Å². The van der Waals surface area contributed by atoms with Gasteiger partial charge in [0.1, 0.15) is 18.0 Å². The van der Waals surface area contributed by atoms with E-state index in [2.05, 4.69) is 0 Å². The molecule has 2 aliphatic heterocycles. The van der Waals surface area contributed by atoms with E-state index in [-0.39, 0.29) is 11.3 Å². The standard InChI is InChI=1S/C24H20F3N3O3/c1-28-20-8-4-5-13-11-17(26)18(27)12-15(13)21(14-6-2-3-7-16(14)25)30(20)29-10-9-19(31)23(32)22(29)24(28)33/h2-3,6-7,9-12,20-21,32H,4-5,8H2,1H3/t20-,21+/m1/s1. The van der Waals surface area contributed by atoms with Gasteiger partial charge in [0.25, 0.3) is 5.91 Å². The predicted octanol–water partition coefficient (Wildman–Crippen LogP) is 3.45. The van der Waals surface area contributed by atoms with Crippen molar-refractivity contribution in [2.24, 2.45) is 0 Å². The van der Waals surface area contributed by atoms with Crippen molar-refractivity contribution in [1.29, 1.82) is 0 Å². The van der Waals surface area contributed by atoms with E-state index in [1.165, 1.54) is 35.0 Å². The van der Waals surface area contributed by atoms with Gasteiger partial charge in [0.15, 0.2) is 23.1 Å². The Labute approximate surface area is 187 Å². The molecule has 1 aromatic heterocycles. The number of nitrogens with zero attached hydrogens (tertiary/aromatic N) is 3. The van der Waals surface area contributed by atoms with Gasteiger partial charge >= 0.3 is 0 Å². The number of hydrogen-bond donors (Lipinski definition) is 1. The number of aromatic hydroxyl groups is 1. The van der Waals surface area contributed by atoms with Crippen LogP contribution in [0, 0.1) is 17.5 Å². The van der Waals surface area contributed by atoms with Gasteiger partial charge in [0, 0.05) is 24.9 Å². The van der Waals surface area contributed by atoms with Crippen LogP contribution in [0.4, 0.5) is 13.2 Å². The molecule has 3 heterocycles. The lowest BCUT2D eigenvalue weighted by Crippen LogP contribution is -2.61. The molecular formula is C24H20F3N3O3. The summed E-state index contributed by atoms with van der Waals surface area (Å²) in [6.07, 6.45) is 2.13. The summed E-state index contributed by atoms with van der Waals surface area (Å²) in [6.45, 7) is 0. The molecule has 0 saturated heterocycles. The Balaban J connectivity index is 1.87. The number of aryl methyl sites for hydroxylation is 1. The summed E-state index contributed by atoms with van der Waals surface area (Å²) in [6, 6.07) is 8.29. The molecule has 0 aliphatic carbocycles. The normalized spacial score (nSPS) is 19.9. The number of benzene rings is 2. The molecule has 2 atom stereocenters. The van der Waals surface area contributed by atoms with Crippen molar-refractivity contribution in [3.8, 4) is 5.75 Å². The lowest BCUT2D eigenvalue weighted by Gasteiger charge is -2.50. The lowest BCUT2D eigenvalue weighted by molar-refractivity contribution is 0.0599. The third-order valence-electron chi connectivity index (χ3n) is 6.43. The third-order valence-corrected chi connectivity index (χ3v) is 6.43. The van der Waals surface area contributed by atoms with Gasteiger partial charge in [-0.05, 0) is 48.6 Å². The Kier molecular flexibility index (Phi) is 4.92. The Bertz CT molecular complexity index is 1340. The van der Waals surface area contributed by atoms with E-state index < -0.39 is 46.7 Å². The van der Waals surface area contributed by atoms with Crippen LogP contribution in [0.1, 0.15) is 46.1 Å². The first-order valence-electron chi connectivity index (χ1n) is 10.5. The molecule has 6 nitrogen and oxygen atoms in total. The highest BCUT2D eigenvalue weighted by Crippen LogP contribution is 2.40. The summed E-state index contributed by atoms with van der Waals surface area (Å²) in [5, 5.41) is 12.1. The minimum absolute atomic E-state index is 0.184. The molecule has 0 bridgehead atoms. The summed E-state index contributed by atoms with van der Waals surface area (Å²) in [5.74, 6) is -3.93. The van der Waals surface area contributed by atoms with Gasteiger partial charge in [-0.15, -0.1) is 0 Å². The largest absolute Gasteiger partial charge is 0.502 e. The maximum atomic E-state index is 15.2. The van der Waals surface area contributed by atoms with Crippen LogP contribution >= 0.6 is 0 Å². The van der Waals surface area contributed by atoms with Gasteiger partial charge in [-0.25, -0.2) is 13.2 Å². The minimum atomic E-state index is -1.07. The van der Waals surface area contributed by atoms with Crippen molar-refractivity contribution in [2.45, 2.75) is 31.5 Å². The monoisotopic (exact) mass is 455 g/mol. The van der Waals surface area contributed by atoms with Crippen LogP contribution in [-0.4, -0.2) is 33.8 Å². The molecule has 5 rings (SSSR count). The molecule has 3 aromatic rings. The zero-order valence-electron chi connectivity index (χ0n) is 17.6. The highest BCUT2D eigenvalue weighted by molar-refractivity contribution is 5.96. The number of aromatic nitrogens is 1. The second kappa shape index (κ2) is 7.68. The fraction of sp³-hybridized carbons (Fsp3) is 0.250. The van der Waals surface area contributed by atoms with E-state index in [0.717, 1.165) is 18.2 Å². The summed E-state index contributed by atoms with van der Waals surface area (Å²) >= 11 is 0. The molecule has 0 saturated carbocycles. The average molecular weight is 455 g/mol. The van der Waals surface area contributed by atoms with Crippen LogP contribution in [0.5, 0.6) is 5.75 Å². The fourth-order valence-electron chi connectivity index (χ4n) is 4.85. The molecule has 170 valence electrons. The van der Waals surface area contributed by atoms with Gasteiger partial charge in [0.2, 0.25) is 5.43 Å².